The number of nitrogens with one attached hydrogen (secondary N) is 1. The monoisotopic (exact) mass is 373 g/mol. The number of benzene rings is 1. The molecular formula is C16H23NO9. The predicted molar refractivity (Wildman–Crippen MR) is 86.3 cm³/mol. The number of aliphatic hydroxyl groups is 6. The zero-order valence-corrected chi connectivity index (χ0v) is 13.8. The molecule has 5 atom stereocenters. The maximum Gasteiger partial charge on any atom is 0.255 e. The molecule has 1 aromatic rings. The second kappa shape index (κ2) is 9.24. The Morgan fingerprint density at radius 3 is 2.35 bits per heavy atom. The van der Waals surface area contributed by atoms with Crippen LogP contribution in [0, 0.1) is 0 Å². The highest BCUT2D eigenvalue weighted by Crippen LogP contribution is 2.26. The molecule has 1 aliphatic rings. The van der Waals surface area contributed by atoms with E-state index in [9.17, 15) is 25.2 Å². The first-order valence-corrected chi connectivity index (χ1v) is 8.01. The molecule has 1 aromatic carbocycles. The summed E-state index contributed by atoms with van der Waals surface area (Å²) in [6.45, 7) is -1.53. The predicted octanol–water partition coefficient (Wildman–Crippen LogP) is -3.05. The summed E-state index contributed by atoms with van der Waals surface area (Å²) in [6.07, 6.45) is -7.34. The highest BCUT2D eigenvalue weighted by molar-refractivity contribution is 5.97. The first-order valence-electron chi connectivity index (χ1n) is 8.01. The van der Waals surface area contributed by atoms with E-state index in [-0.39, 0.29) is 11.3 Å². The molecule has 7 N–H and O–H groups in total. The molecule has 26 heavy (non-hydrogen) atoms. The van der Waals surface area contributed by atoms with Gasteiger partial charge in [0.05, 0.1) is 31.4 Å². The van der Waals surface area contributed by atoms with Crippen LogP contribution >= 0.6 is 0 Å². The molecule has 10 nitrogen and oxygen atoms in total. The number of hydrogen-bond donors (Lipinski definition) is 7. The van der Waals surface area contributed by atoms with Crippen molar-refractivity contribution in [3.63, 3.8) is 0 Å². The van der Waals surface area contributed by atoms with Crippen LogP contribution in [-0.2, 0) is 4.74 Å². The number of carbonyl (C=O) groups excluding carboxylic acids is 1. The Kier molecular flexibility index (Phi) is 7.29. The van der Waals surface area contributed by atoms with Gasteiger partial charge in [-0.3, -0.25) is 4.79 Å². The molecule has 0 unspecified atom stereocenters. The minimum absolute atomic E-state index is 0.00367. The second-order valence-corrected chi connectivity index (χ2v) is 5.85. The molecule has 0 bridgehead atoms. The molecule has 1 fully saturated rings. The van der Waals surface area contributed by atoms with Crippen LogP contribution in [0.1, 0.15) is 10.4 Å². The maximum atomic E-state index is 12.3. The minimum Gasteiger partial charge on any atom is -0.461 e. The van der Waals surface area contributed by atoms with Gasteiger partial charge < -0.3 is 45.4 Å². The van der Waals surface area contributed by atoms with Crippen molar-refractivity contribution in [3.05, 3.63) is 29.8 Å². The summed E-state index contributed by atoms with van der Waals surface area (Å²) in [5.41, 5.74) is 0.0383. The Hall–Kier alpha value is -1.79. The molecule has 0 saturated carbocycles. The number of carbonyl (C=O) groups is 1. The lowest BCUT2D eigenvalue weighted by Crippen LogP contribution is -2.60. The molecule has 1 saturated heterocycles. The Bertz CT molecular complexity index is 593. The van der Waals surface area contributed by atoms with Crippen LogP contribution < -0.4 is 10.1 Å². The fourth-order valence-corrected chi connectivity index (χ4v) is 2.46. The Morgan fingerprint density at radius 1 is 1.08 bits per heavy atom. The van der Waals surface area contributed by atoms with Crippen molar-refractivity contribution >= 4 is 5.91 Å². The van der Waals surface area contributed by atoms with E-state index in [1.807, 2.05) is 0 Å². The van der Waals surface area contributed by atoms with Crippen molar-refractivity contribution in [2.24, 2.45) is 0 Å². The van der Waals surface area contributed by atoms with Crippen LogP contribution in [0.15, 0.2) is 24.3 Å². The van der Waals surface area contributed by atoms with Gasteiger partial charge in [-0.05, 0) is 12.1 Å². The Labute approximate surface area is 149 Å². The van der Waals surface area contributed by atoms with Crippen LogP contribution in [0.2, 0.25) is 0 Å². The number of para-hydroxylation sites is 1. The Balaban J connectivity index is 2.18. The fourth-order valence-electron chi connectivity index (χ4n) is 2.46. The largest absolute Gasteiger partial charge is 0.461 e. The SMILES string of the molecule is O=C(NC(CO)CO)c1ccccc1O[C@@H]1O[C@H](CO)[C@@H](O)[C@H](O)[C@H]1O. The third-order valence-corrected chi connectivity index (χ3v) is 4.00. The average molecular weight is 373 g/mol. The number of ether oxygens (including phenoxy) is 2. The van der Waals surface area contributed by atoms with E-state index in [2.05, 4.69) is 5.32 Å². The van der Waals surface area contributed by atoms with Gasteiger partial charge in [-0.15, -0.1) is 0 Å². The van der Waals surface area contributed by atoms with Gasteiger partial charge in [-0.25, -0.2) is 0 Å². The van der Waals surface area contributed by atoms with Crippen LogP contribution in [-0.4, -0.2) is 93.1 Å². The van der Waals surface area contributed by atoms with Crippen molar-refractivity contribution in [1.82, 2.24) is 5.32 Å². The number of aliphatic hydroxyl groups excluding tert-OH is 6. The minimum atomic E-state index is -1.62. The maximum absolute atomic E-state index is 12.3. The summed E-state index contributed by atoms with van der Waals surface area (Å²) < 4.78 is 10.7. The van der Waals surface area contributed by atoms with E-state index in [0.29, 0.717) is 0 Å². The lowest BCUT2D eigenvalue weighted by atomic mass is 9.99. The van der Waals surface area contributed by atoms with Crippen molar-refractivity contribution in [1.29, 1.82) is 0 Å². The van der Waals surface area contributed by atoms with Crippen molar-refractivity contribution in [2.45, 2.75) is 36.7 Å². The molecule has 0 aliphatic carbocycles. The van der Waals surface area contributed by atoms with Gasteiger partial charge in [0.25, 0.3) is 5.91 Å². The summed E-state index contributed by atoms with van der Waals surface area (Å²) in [4.78, 5) is 12.3. The van der Waals surface area contributed by atoms with Gasteiger partial charge in [0.2, 0.25) is 6.29 Å². The number of amides is 1. The third kappa shape index (κ3) is 4.48. The average Bonchev–Trinajstić information content (AvgIpc) is 2.66. The summed E-state index contributed by atoms with van der Waals surface area (Å²) in [5, 5.41) is 59.3. The van der Waals surface area contributed by atoms with Gasteiger partial charge in [-0.1, -0.05) is 12.1 Å². The molecule has 146 valence electrons. The number of rotatable bonds is 7. The highest BCUT2D eigenvalue weighted by Gasteiger charge is 2.45. The van der Waals surface area contributed by atoms with E-state index >= 15 is 0 Å². The normalized spacial score (nSPS) is 28.8. The van der Waals surface area contributed by atoms with E-state index in [0.717, 1.165) is 0 Å². The molecule has 0 spiro atoms. The van der Waals surface area contributed by atoms with E-state index in [1.165, 1.54) is 12.1 Å². The summed E-state index contributed by atoms with van der Waals surface area (Å²) in [6, 6.07) is 5.10. The first-order chi connectivity index (χ1) is 12.4. The first kappa shape index (κ1) is 20.5. The molecule has 1 aliphatic heterocycles. The third-order valence-electron chi connectivity index (χ3n) is 4.00. The van der Waals surface area contributed by atoms with Crippen LogP contribution in [0.4, 0.5) is 0 Å². The molecule has 0 aromatic heterocycles. The molecule has 10 heteroatoms. The van der Waals surface area contributed by atoms with E-state index in [4.69, 9.17) is 19.7 Å². The topological polar surface area (TPSA) is 169 Å². The van der Waals surface area contributed by atoms with Crippen molar-refractivity contribution < 1.29 is 44.9 Å². The van der Waals surface area contributed by atoms with Crippen molar-refractivity contribution in [2.75, 3.05) is 19.8 Å². The molecular weight excluding hydrogens is 350 g/mol. The number of hydrogen-bond acceptors (Lipinski definition) is 9. The lowest BCUT2D eigenvalue weighted by molar-refractivity contribution is -0.277. The van der Waals surface area contributed by atoms with Crippen LogP contribution in [0.3, 0.4) is 0 Å². The molecule has 0 radical (unpaired) electrons. The smallest absolute Gasteiger partial charge is 0.255 e. The van der Waals surface area contributed by atoms with E-state index in [1.54, 1.807) is 12.1 Å². The van der Waals surface area contributed by atoms with Crippen molar-refractivity contribution in [3.8, 4) is 5.75 Å². The summed E-state index contributed by atoms with van der Waals surface area (Å²) in [7, 11) is 0. The van der Waals surface area contributed by atoms with Crippen LogP contribution in [0.5, 0.6) is 5.75 Å². The fraction of sp³-hybridized carbons (Fsp3) is 0.562. The second-order valence-electron chi connectivity index (χ2n) is 5.85. The molecule has 1 heterocycles. The zero-order chi connectivity index (χ0) is 19.3. The summed E-state index contributed by atoms with van der Waals surface area (Å²) >= 11 is 0. The van der Waals surface area contributed by atoms with Gasteiger partial charge in [0.15, 0.2) is 0 Å². The zero-order valence-electron chi connectivity index (χ0n) is 13.8. The van der Waals surface area contributed by atoms with Gasteiger partial charge in [-0.2, -0.15) is 0 Å². The van der Waals surface area contributed by atoms with Gasteiger partial charge >= 0.3 is 0 Å². The molecule has 1 amide bonds. The standard InChI is InChI=1S/C16H23NO9/c18-5-8(6-19)17-15(24)9-3-1-2-4-10(9)25-16-14(23)13(22)12(21)11(7-20)26-16/h1-4,8,11-14,16,18-23H,5-7H2,(H,17,24)/t11-,12-,13+,14-,16-/m1/s1. The van der Waals surface area contributed by atoms with E-state index < -0.39 is 62.5 Å². The summed E-state index contributed by atoms with van der Waals surface area (Å²) in [5.74, 6) is -0.637. The van der Waals surface area contributed by atoms with Crippen LogP contribution in [0.25, 0.3) is 0 Å². The van der Waals surface area contributed by atoms with Gasteiger partial charge in [0, 0.05) is 0 Å². The van der Waals surface area contributed by atoms with Gasteiger partial charge in [0.1, 0.15) is 30.2 Å². The Morgan fingerprint density at radius 2 is 1.73 bits per heavy atom. The lowest BCUT2D eigenvalue weighted by Gasteiger charge is -2.39. The quantitative estimate of drug-likeness (QED) is 0.262. The molecule has 2 rings (SSSR count). The highest BCUT2D eigenvalue weighted by atomic mass is 16.7.